The van der Waals surface area contributed by atoms with E-state index in [9.17, 15) is 32.3 Å². The molecule has 1 aromatic carbocycles. The molecule has 1 aromatic heterocycles. The van der Waals surface area contributed by atoms with Crippen LogP contribution in [0.25, 0.3) is 10.8 Å². The molecule has 6 rings (SSSR count). The molecule has 17 heteroatoms. The first-order valence-electron chi connectivity index (χ1n) is 19.0. The zero-order valence-electron chi connectivity index (χ0n) is 32.5. The van der Waals surface area contributed by atoms with E-state index < -0.39 is 86.4 Å². The first kappa shape index (κ1) is 41.5. The molecule has 1 saturated heterocycles. The van der Waals surface area contributed by atoms with Crippen LogP contribution in [0.3, 0.4) is 0 Å². The van der Waals surface area contributed by atoms with E-state index in [0.29, 0.717) is 35.8 Å². The van der Waals surface area contributed by atoms with Crippen molar-refractivity contribution >= 4 is 56.2 Å². The summed E-state index contributed by atoms with van der Waals surface area (Å²) in [7, 11) is -2.88. The number of pyridine rings is 1. The topological polar surface area (TPSA) is 185 Å². The number of carbonyl (C=O) groups is 4. The number of rotatable bonds is 8. The van der Waals surface area contributed by atoms with Crippen molar-refractivity contribution in [1.82, 2.24) is 24.8 Å². The Morgan fingerprint density at radius 1 is 1.18 bits per heavy atom. The lowest BCUT2D eigenvalue weighted by Gasteiger charge is -2.43. The lowest BCUT2D eigenvalue weighted by Crippen LogP contribution is -2.62. The van der Waals surface area contributed by atoms with Gasteiger partial charge in [0.25, 0.3) is 5.91 Å². The molecule has 2 aromatic rings. The monoisotopic (exact) mass is 819 g/mol. The predicted octanol–water partition coefficient (Wildman–Crippen LogP) is 5.23. The highest BCUT2D eigenvalue weighted by Gasteiger charge is 2.64. The quantitative estimate of drug-likeness (QED) is 0.236. The maximum Gasteiger partial charge on any atom is 0.408 e. The van der Waals surface area contributed by atoms with Gasteiger partial charge in [0.15, 0.2) is 0 Å². The minimum Gasteiger partial charge on any atom is -0.497 e. The summed E-state index contributed by atoms with van der Waals surface area (Å²) < 4.78 is 52.4. The highest BCUT2D eigenvalue weighted by molar-refractivity contribution is 7.91. The molecule has 2 saturated carbocycles. The number of nitrogens with zero attached hydrogens (tertiary/aromatic N) is 3. The van der Waals surface area contributed by atoms with Gasteiger partial charge in [-0.2, -0.15) is 0 Å². The highest BCUT2D eigenvalue weighted by Crippen LogP contribution is 2.48. The van der Waals surface area contributed by atoms with Crippen LogP contribution >= 0.6 is 11.6 Å². The Hall–Kier alpha value is -4.18. The second-order valence-corrected chi connectivity index (χ2v) is 19.4. The lowest BCUT2D eigenvalue weighted by atomic mass is 9.85. The number of allylic oxidation sites excluding steroid dienone is 1. The van der Waals surface area contributed by atoms with Crippen molar-refractivity contribution in [3.8, 4) is 11.6 Å². The minimum atomic E-state index is -4.41. The van der Waals surface area contributed by atoms with Crippen LogP contribution in [-0.2, 0) is 24.4 Å². The summed E-state index contributed by atoms with van der Waals surface area (Å²) in [5.74, 6) is -2.61. The summed E-state index contributed by atoms with van der Waals surface area (Å²) in [4.78, 5) is 63.4. The maximum absolute atomic E-state index is 15.0. The molecule has 0 bridgehead atoms. The van der Waals surface area contributed by atoms with Crippen molar-refractivity contribution in [3.63, 3.8) is 0 Å². The molecule has 3 heterocycles. The Kier molecular flexibility index (Phi) is 11.3. The van der Waals surface area contributed by atoms with Crippen molar-refractivity contribution in [2.75, 3.05) is 20.3 Å². The molecule has 306 valence electrons. The van der Waals surface area contributed by atoms with E-state index in [2.05, 4.69) is 15.0 Å². The third-order valence-corrected chi connectivity index (χ3v) is 14.0. The number of hydrogen-bond donors (Lipinski definition) is 3. The number of sulfonamides is 1. The van der Waals surface area contributed by atoms with Gasteiger partial charge in [0.1, 0.15) is 46.1 Å². The Labute approximate surface area is 331 Å². The van der Waals surface area contributed by atoms with Crippen LogP contribution < -0.4 is 19.5 Å². The van der Waals surface area contributed by atoms with Gasteiger partial charge in [-0.15, -0.1) is 0 Å². The van der Waals surface area contributed by atoms with Gasteiger partial charge < -0.3 is 24.8 Å². The number of benzene rings is 1. The number of carbonyl (C=O) groups excluding carboxylic acids is 3. The molecule has 2 aliphatic heterocycles. The standard InChI is InChI=1S/C39H51ClFN5O9S/c1-22-9-7-8-10-25-19-39(25,35(49)44-56(52,53)38(21-41)13-14-38)43-32(47)29-18-27(55-33-28-12-11-26(54-6)16-24(28)17-30(40)42-33)20-45(29)34(48)31(23(2)15-22)46(36(50)51)37(3,4)5/h8,10-12,16-17,22-23,25,27,29,31H,7,9,13-15,18-21H2,1-6H3,(H,43,47)(H,44,49)(H,50,51)/b10-8-/t22-,23-,25-,27-,29+,31+,39-/m1/s1. The van der Waals surface area contributed by atoms with Gasteiger partial charge in [-0.25, -0.2) is 22.6 Å². The number of fused-ring (bicyclic) bond motifs is 3. The molecule has 14 nitrogen and oxygen atoms in total. The molecule has 2 aliphatic carbocycles. The minimum absolute atomic E-state index is 0.0598. The predicted molar refractivity (Wildman–Crippen MR) is 207 cm³/mol. The summed E-state index contributed by atoms with van der Waals surface area (Å²) >= 11 is 6.40. The highest BCUT2D eigenvalue weighted by atomic mass is 35.5. The summed E-state index contributed by atoms with van der Waals surface area (Å²) in [6.07, 6.45) is 3.44. The Morgan fingerprint density at radius 2 is 1.89 bits per heavy atom. The van der Waals surface area contributed by atoms with Crippen LogP contribution in [0.4, 0.5) is 9.18 Å². The summed E-state index contributed by atoms with van der Waals surface area (Å²) in [6.45, 7) is 7.67. The second-order valence-electron chi connectivity index (χ2n) is 16.9. The summed E-state index contributed by atoms with van der Waals surface area (Å²) in [5.41, 5.74) is -2.71. The average molecular weight is 820 g/mol. The Balaban J connectivity index is 1.40. The zero-order chi connectivity index (χ0) is 41.0. The van der Waals surface area contributed by atoms with Crippen molar-refractivity contribution in [3.05, 3.63) is 41.6 Å². The van der Waals surface area contributed by atoms with Crippen LogP contribution in [0.15, 0.2) is 36.4 Å². The number of nitrogens with one attached hydrogen (secondary N) is 2. The van der Waals surface area contributed by atoms with E-state index in [1.165, 1.54) is 12.0 Å². The molecule has 0 spiro atoms. The number of aromatic nitrogens is 1. The van der Waals surface area contributed by atoms with Crippen molar-refractivity contribution in [2.24, 2.45) is 17.8 Å². The third kappa shape index (κ3) is 8.00. The van der Waals surface area contributed by atoms with Crippen LogP contribution in [0.1, 0.15) is 79.6 Å². The number of alkyl halides is 1. The fraction of sp³-hybridized carbons (Fsp3) is 0.615. The number of hydrogen-bond acceptors (Lipinski definition) is 9. The van der Waals surface area contributed by atoms with Gasteiger partial charge >= 0.3 is 6.09 Å². The molecule has 0 unspecified atom stereocenters. The molecule has 3 N–H and O–H groups in total. The van der Waals surface area contributed by atoms with Crippen LogP contribution in [0.2, 0.25) is 5.15 Å². The Morgan fingerprint density at radius 3 is 2.52 bits per heavy atom. The van der Waals surface area contributed by atoms with Gasteiger partial charge in [-0.05, 0) is 101 Å². The summed E-state index contributed by atoms with van der Waals surface area (Å²) in [6, 6.07) is 4.41. The second kappa shape index (κ2) is 15.3. The van der Waals surface area contributed by atoms with Gasteiger partial charge in [0.2, 0.25) is 27.7 Å². The van der Waals surface area contributed by atoms with Crippen molar-refractivity contribution in [2.45, 2.75) is 114 Å². The van der Waals surface area contributed by atoms with E-state index in [4.69, 9.17) is 21.1 Å². The fourth-order valence-electron chi connectivity index (χ4n) is 8.27. The number of carboxylic acid groups (broad SMARTS) is 1. The molecule has 56 heavy (non-hydrogen) atoms. The van der Waals surface area contributed by atoms with E-state index in [0.717, 1.165) is 4.90 Å². The molecule has 0 radical (unpaired) electrons. The zero-order valence-corrected chi connectivity index (χ0v) is 34.1. The number of ether oxygens (including phenoxy) is 2. The average Bonchev–Trinajstić information content (AvgIpc) is 4.02. The number of halogens is 2. The van der Waals surface area contributed by atoms with E-state index in [1.807, 2.05) is 19.9 Å². The van der Waals surface area contributed by atoms with E-state index in [-0.39, 0.29) is 49.2 Å². The van der Waals surface area contributed by atoms with Crippen molar-refractivity contribution < 1.29 is 46.6 Å². The first-order chi connectivity index (χ1) is 26.3. The van der Waals surface area contributed by atoms with Gasteiger partial charge in [-0.1, -0.05) is 37.6 Å². The Bertz CT molecular complexity index is 2040. The normalized spacial score (nSPS) is 29.8. The SMILES string of the molecule is COc1ccc2c(O[C@@H]3C[C@H]4C(=O)N[C@]5(C(=O)NS(=O)(=O)C6(CF)CC6)C[C@H]5/C=C\CC[C@@H](C)C[C@@H](C)[C@H](N(C(=O)O)C(C)(C)C)C(=O)N4C3)nc(Cl)cc2c1. The van der Waals surface area contributed by atoms with Gasteiger partial charge in [-0.3, -0.25) is 24.0 Å². The number of methoxy groups -OCH3 is 1. The molecular weight excluding hydrogens is 769 g/mol. The van der Waals surface area contributed by atoms with Crippen LogP contribution in [0, 0.1) is 17.8 Å². The van der Waals surface area contributed by atoms with Crippen molar-refractivity contribution in [1.29, 1.82) is 0 Å². The molecule has 3 fully saturated rings. The largest absolute Gasteiger partial charge is 0.497 e. The van der Waals surface area contributed by atoms with Crippen LogP contribution in [0.5, 0.6) is 11.6 Å². The fourth-order valence-corrected chi connectivity index (χ4v) is 9.89. The number of amides is 4. The molecule has 7 atom stereocenters. The first-order valence-corrected chi connectivity index (χ1v) is 20.9. The van der Waals surface area contributed by atoms with Gasteiger partial charge in [0, 0.05) is 23.3 Å². The maximum atomic E-state index is 15.0. The van der Waals surface area contributed by atoms with Crippen LogP contribution in [-0.4, -0.2) is 106 Å². The molecule has 4 amide bonds. The summed E-state index contributed by atoms with van der Waals surface area (Å²) in [5, 5.41) is 14.8. The van der Waals surface area contributed by atoms with E-state index >= 15 is 4.79 Å². The van der Waals surface area contributed by atoms with E-state index in [1.54, 1.807) is 51.1 Å². The van der Waals surface area contributed by atoms with Gasteiger partial charge in [0.05, 0.1) is 13.7 Å². The molecular formula is C39H51ClFN5O9S. The smallest absolute Gasteiger partial charge is 0.408 e. The third-order valence-electron chi connectivity index (χ3n) is 11.7. The lowest BCUT2D eigenvalue weighted by molar-refractivity contribution is -0.146. The molecule has 4 aliphatic rings.